The molecule has 2 aromatic rings. The molecule has 1 amide bonds. The molecule has 0 saturated carbocycles. The lowest BCUT2D eigenvalue weighted by molar-refractivity contribution is -0.135. The molecular weight excluding hydrogens is 442 g/mol. The van der Waals surface area contributed by atoms with Gasteiger partial charge in [-0.15, -0.1) is 5.10 Å². The second-order valence-electron chi connectivity index (χ2n) is 5.02. The second kappa shape index (κ2) is 6.90. The van der Waals surface area contributed by atoms with Crippen LogP contribution in [0.15, 0.2) is 50.7 Å². The van der Waals surface area contributed by atoms with E-state index in [1.165, 1.54) is 11.9 Å². The van der Waals surface area contributed by atoms with Crippen molar-refractivity contribution in [3.63, 3.8) is 0 Å². The van der Waals surface area contributed by atoms with Crippen LogP contribution in [0.4, 0.5) is 0 Å². The van der Waals surface area contributed by atoms with E-state index in [0.29, 0.717) is 22.8 Å². The summed E-state index contributed by atoms with van der Waals surface area (Å²) < 4.78 is 13.0. The van der Waals surface area contributed by atoms with Gasteiger partial charge in [-0.1, -0.05) is 15.9 Å². The number of ether oxygens (including phenoxy) is 2. The van der Waals surface area contributed by atoms with E-state index >= 15 is 0 Å². The number of carbonyl (C=O) groups excluding carboxylic acids is 1. The number of rotatable bonds is 3. The molecule has 3 rings (SSSR count). The van der Waals surface area contributed by atoms with Gasteiger partial charge in [0.25, 0.3) is 0 Å². The van der Waals surface area contributed by atoms with Crippen LogP contribution < -0.4 is 4.74 Å². The Labute approximate surface area is 155 Å². The van der Waals surface area contributed by atoms with Crippen LogP contribution in [0.5, 0.6) is 5.75 Å². The first-order valence-electron chi connectivity index (χ1n) is 6.99. The number of hydrogen-bond donors (Lipinski definition) is 0. The van der Waals surface area contributed by atoms with Crippen molar-refractivity contribution in [1.82, 2.24) is 9.99 Å². The molecule has 1 atom stereocenters. The Morgan fingerprint density at radius 1 is 1.25 bits per heavy atom. The Morgan fingerprint density at radius 3 is 2.71 bits per heavy atom. The van der Waals surface area contributed by atoms with Crippen molar-refractivity contribution < 1.29 is 14.3 Å². The molecule has 1 aliphatic rings. The largest absolute Gasteiger partial charge is 0.496 e. The molecule has 2 heterocycles. The molecule has 0 N–H and O–H groups in total. The molecule has 1 aromatic carbocycles. The van der Waals surface area contributed by atoms with Crippen molar-refractivity contribution >= 4 is 43.7 Å². The minimum atomic E-state index is -0.705. The lowest BCUT2D eigenvalue weighted by atomic mass is 10.1. The molecule has 1 aromatic heterocycles. The maximum absolute atomic E-state index is 12.0. The van der Waals surface area contributed by atoms with E-state index in [1.807, 2.05) is 18.2 Å². The highest BCUT2D eigenvalue weighted by molar-refractivity contribution is 9.10. The SMILES string of the molecule is COc1ccc(Br)cc1[C@@H]1OC(c2cncc(Br)c2)=NN1C(C)=O. The summed E-state index contributed by atoms with van der Waals surface area (Å²) in [5, 5.41) is 5.60. The minimum Gasteiger partial charge on any atom is -0.496 e. The van der Waals surface area contributed by atoms with E-state index in [4.69, 9.17) is 9.47 Å². The lowest BCUT2D eigenvalue weighted by Gasteiger charge is -2.21. The topological polar surface area (TPSA) is 64.0 Å². The van der Waals surface area contributed by atoms with Crippen molar-refractivity contribution in [2.24, 2.45) is 5.10 Å². The third-order valence-corrected chi connectivity index (χ3v) is 4.30. The number of halogens is 2. The maximum Gasteiger partial charge on any atom is 0.243 e. The molecule has 8 heteroatoms. The van der Waals surface area contributed by atoms with E-state index in [0.717, 1.165) is 8.95 Å². The fourth-order valence-electron chi connectivity index (χ4n) is 2.31. The molecule has 124 valence electrons. The highest BCUT2D eigenvalue weighted by Gasteiger charge is 2.35. The summed E-state index contributed by atoms with van der Waals surface area (Å²) >= 11 is 6.80. The summed E-state index contributed by atoms with van der Waals surface area (Å²) in [6, 6.07) is 7.33. The van der Waals surface area contributed by atoms with Gasteiger partial charge in [0.05, 0.1) is 18.2 Å². The summed E-state index contributed by atoms with van der Waals surface area (Å²) in [7, 11) is 1.57. The Balaban J connectivity index is 2.02. The monoisotopic (exact) mass is 453 g/mol. The first-order chi connectivity index (χ1) is 11.5. The number of nitrogens with zero attached hydrogens (tertiary/aromatic N) is 3. The smallest absolute Gasteiger partial charge is 0.243 e. The average molecular weight is 455 g/mol. The molecule has 0 spiro atoms. The highest BCUT2D eigenvalue weighted by Crippen LogP contribution is 2.37. The summed E-state index contributed by atoms with van der Waals surface area (Å²) in [6.07, 6.45) is 2.59. The van der Waals surface area contributed by atoms with Gasteiger partial charge in [0.2, 0.25) is 18.0 Å². The molecule has 24 heavy (non-hydrogen) atoms. The fraction of sp³-hybridized carbons (Fsp3) is 0.188. The van der Waals surface area contributed by atoms with Crippen molar-refractivity contribution in [1.29, 1.82) is 0 Å². The van der Waals surface area contributed by atoms with Crippen molar-refractivity contribution in [2.45, 2.75) is 13.2 Å². The molecule has 0 bridgehead atoms. The summed E-state index contributed by atoms with van der Waals surface area (Å²) in [6.45, 7) is 1.44. The quantitative estimate of drug-likeness (QED) is 0.706. The molecule has 0 aliphatic carbocycles. The summed E-state index contributed by atoms with van der Waals surface area (Å²) in [4.78, 5) is 16.1. The average Bonchev–Trinajstić information content (AvgIpc) is 3.00. The Kier molecular flexibility index (Phi) is 4.86. The van der Waals surface area contributed by atoms with Crippen LogP contribution in [-0.2, 0) is 9.53 Å². The summed E-state index contributed by atoms with van der Waals surface area (Å²) in [5.74, 6) is 0.698. The zero-order valence-corrected chi connectivity index (χ0v) is 16.0. The molecular formula is C16H13Br2N3O3. The fourth-order valence-corrected chi connectivity index (χ4v) is 3.06. The van der Waals surface area contributed by atoms with E-state index in [2.05, 4.69) is 41.9 Å². The molecule has 0 saturated heterocycles. The molecule has 0 unspecified atom stereocenters. The molecule has 6 nitrogen and oxygen atoms in total. The van der Waals surface area contributed by atoms with Gasteiger partial charge in [-0.2, -0.15) is 5.01 Å². The van der Waals surface area contributed by atoms with E-state index in [1.54, 1.807) is 25.6 Å². The third-order valence-electron chi connectivity index (χ3n) is 3.38. The number of pyridine rings is 1. The number of aromatic nitrogens is 1. The van der Waals surface area contributed by atoms with Crippen molar-refractivity contribution in [3.05, 3.63) is 56.7 Å². The zero-order chi connectivity index (χ0) is 17.3. The molecule has 0 radical (unpaired) electrons. The normalized spacial score (nSPS) is 16.6. The van der Waals surface area contributed by atoms with Gasteiger partial charge in [-0.05, 0) is 40.2 Å². The van der Waals surface area contributed by atoms with Crippen molar-refractivity contribution in [3.8, 4) is 5.75 Å². The Hall–Kier alpha value is -1.93. The zero-order valence-electron chi connectivity index (χ0n) is 12.9. The van der Waals surface area contributed by atoms with Gasteiger partial charge >= 0.3 is 0 Å². The van der Waals surface area contributed by atoms with Gasteiger partial charge in [0.1, 0.15) is 5.75 Å². The van der Waals surface area contributed by atoms with Crippen molar-refractivity contribution in [2.75, 3.05) is 7.11 Å². The predicted octanol–water partition coefficient (Wildman–Crippen LogP) is 3.85. The van der Waals surface area contributed by atoms with E-state index in [-0.39, 0.29) is 5.91 Å². The number of benzene rings is 1. The predicted molar refractivity (Wildman–Crippen MR) is 95.5 cm³/mol. The standard InChI is InChI=1S/C16H13Br2N3O3/c1-9(22)21-16(13-6-11(17)3-4-14(13)23-2)24-15(20-21)10-5-12(18)8-19-7-10/h3-8,16H,1-2H3/t16-/m0/s1. The highest BCUT2D eigenvalue weighted by atomic mass is 79.9. The maximum atomic E-state index is 12.0. The van der Waals surface area contributed by atoms with E-state index in [9.17, 15) is 4.79 Å². The molecule has 0 fully saturated rings. The van der Waals surface area contributed by atoms with Crippen LogP contribution in [0, 0.1) is 0 Å². The minimum absolute atomic E-state index is 0.236. The number of hydrogen-bond acceptors (Lipinski definition) is 5. The number of carbonyl (C=O) groups is 1. The number of methoxy groups -OCH3 is 1. The van der Waals surface area contributed by atoms with Gasteiger partial charge in [-0.25, -0.2) is 0 Å². The van der Waals surface area contributed by atoms with Gasteiger partial charge in [0.15, 0.2) is 0 Å². The Bertz CT molecular complexity index is 826. The number of hydrazone groups is 1. The Morgan fingerprint density at radius 2 is 2.04 bits per heavy atom. The van der Waals surface area contributed by atoms with Gasteiger partial charge in [0, 0.05) is 28.3 Å². The van der Waals surface area contributed by atoms with Gasteiger partial charge < -0.3 is 9.47 Å². The van der Waals surface area contributed by atoms with Crippen LogP contribution >= 0.6 is 31.9 Å². The second-order valence-corrected chi connectivity index (χ2v) is 6.85. The molecule has 1 aliphatic heterocycles. The van der Waals surface area contributed by atoms with Crippen LogP contribution in [0.1, 0.15) is 24.3 Å². The van der Waals surface area contributed by atoms with Crippen LogP contribution in [0.2, 0.25) is 0 Å². The van der Waals surface area contributed by atoms with Crippen LogP contribution in [0.25, 0.3) is 0 Å². The first kappa shape index (κ1) is 16.9. The number of amides is 1. The third kappa shape index (κ3) is 3.29. The van der Waals surface area contributed by atoms with Gasteiger partial charge in [-0.3, -0.25) is 9.78 Å². The van der Waals surface area contributed by atoms with E-state index < -0.39 is 6.23 Å². The first-order valence-corrected chi connectivity index (χ1v) is 8.57. The van der Waals surface area contributed by atoms with Crippen LogP contribution in [0.3, 0.4) is 0 Å². The summed E-state index contributed by atoms with van der Waals surface area (Å²) in [5.41, 5.74) is 1.37. The van der Waals surface area contributed by atoms with Crippen LogP contribution in [-0.4, -0.2) is 28.9 Å². The lowest BCUT2D eigenvalue weighted by Crippen LogP contribution is -2.25.